The lowest BCUT2D eigenvalue weighted by molar-refractivity contribution is -0.190. The second-order valence-corrected chi connectivity index (χ2v) is 8.19. The van der Waals surface area contributed by atoms with Gasteiger partial charge in [0.25, 0.3) is 0 Å². The first kappa shape index (κ1) is 23.0. The summed E-state index contributed by atoms with van der Waals surface area (Å²) in [6.45, 7) is 5.49. The normalized spacial score (nSPS) is 23.0. The number of hydrogen-bond donors (Lipinski definition) is 1. The number of amides is 4. The molecule has 0 radical (unpaired) electrons. The van der Waals surface area contributed by atoms with Crippen molar-refractivity contribution in [1.82, 2.24) is 25.1 Å². The van der Waals surface area contributed by atoms with Crippen molar-refractivity contribution in [3.8, 4) is 0 Å². The van der Waals surface area contributed by atoms with Crippen molar-refractivity contribution in [2.45, 2.75) is 39.0 Å². The number of fused-ring (bicyclic) bond motifs is 1. The van der Waals surface area contributed by atoms with Crippen LogP contribution in [0, 0.1) is 5.92 Å². The zero-order chi connectivity index (χ0) is 22.5. The summed E-state index contributed by atoms with van der Waals surface area (Å²) in [7, 11) is 3.32. The summed E-state index contributed by atoms with van der Waals surface area (Å²) in [6, 6.07) is 8.78. The molecule has 2 aliphatic rings. The van der Waals surface area contributed by atoms with Crippen molar-refractivity contribution in [3.05, 3.63) is 35.9 Å². The zero-order valence-electron chi connectivity index (χ0n) is 18.8. The Bertz CT molecular complexity index is 789. The van der Waals surface area contributed by atoms with Crippen molar-refractivity contribution in [2.75, 3.05) is 40.4 Å². The maximum atomic E-state index is 13.2. The summed E-state index contributed by atoms with van der Waals surface area (Å²) in [5.74, 6) is -0.239. The number of hydrazine groups is 1. The highest BCUT2D eigenvalue weighted by Crippen LogP contribution is 2.30. The number of benzene rings is 1. The first-order valence-corrected chi connectivity index (χ1v) is 10.8. The van der Waals surface area contributed by atoms with Gasteiger partial charge in [0.1, 0.15) is 12.2 Å². The van der Waals surface area contributed by atoms with Crippen LogP contribution in [0.4, 0.5) is 4.79 Å². The Morgan fingerprint density at radius 2 is 1.97 bits per heavy atom. The number of likely N-dealkylation sites (N-methyl/N-ethyl adjacent to an activating group) is 1. The number of rotatable bonds is 7. The number of carbonyl (C=O) groups excluding carboxylic acids is 3. The van der Waals surface area contributed by atoms with Gasteiger partial charge in [-0.05, 0) is 11.5 Å². The van der Waals surface area contributed by atoms with Crippen molar-refractivity contribution in [3.63, 3.8) is 0 Å². The lowest BCUT2D eigenvalue weighted by atomic mass is 9.92. The summed E-state index contributed by atoms with van der Waals surface area (Å²) in [6.07, 6.45) is 0.191. The van der Waals surface area contributed by atoms with E-state index in [2.05, 4.69) is 5.32 Å². The topological polar surface area (TPSA) is 85.4 Å². The number of ether oxygens (including phenoxy) is 1. The van der Waals surface area contributed by atoms with Crippen molar-refractivity contribution in [1.29, 1.82) is 0 Å². The van der Waals surface area contributed by atoms with Gasteiger partial charge in [0.2, 0.25) is 11.8 Å². The standard InChI is InChI=1S/C22H33N5O4/c1-5-16(2)20-21(29)25(11-12-31-4)14-18-26(20)19(28)15-24(3)27(18)22(30)23-13-17-9-7-6-8-10-17/h6-10,16,18,20H,5,11-15H2,1-4H3,(H,23,30)/t16?,18-,20-/m0/s1. The van der Waals surface area contributed by atoms with Gasteiger partial charge in [-0.15, -0.1) is 0 Å². The van der Waals surface area contributed by atoms with E-state index < -0.39 is 12.2 Å². The van der Waals surface area contributed by atoms with Gasteiger partial charge in [-0.1, -0.05) is 50.6 Å². The van der Waals surface area contributed by atoms with Crippen LogP contribution in [0.25, 0.3) is 0 Å². The molecular weight excluding hydrogens is 398 g/mol. The Hall–Kier alpha value is -2.65. The lowest BCUT2D eigenvalue weighted by Crippen LogP contribution is -2.76. The smallest absolute Gasteiger partial charge is 0.334 e. The molecule has 0 aliphatic carbocycles. The molecule has 2 saturated heterocycles. The number of methoxy groups -OCH3 is 1. The summed E-state index contributed by atoms with van der Waals surface area (Å²) in [5.41, 5.74) is 0.987. The Morgan fingerprint density at radius 3 is 2.61 bits per heavy atom. The van der Waals surface area contributed by atoms with E-state index in [1.807, 2.05) is 44.2 Å². The SMILES string of the molecule is CCC(C)[C@H]1C(=O)N(CCOC)C[C@H]2N1C(=O)CN(C)N2C(=O)NCc1ccccc1. The van der Waals surface area contributed by atoms with Crippen LogP contribution in [-0.4, -0.2) is 90.3 Å². The zero-order valence-corrected chi connectivity index (χ0v) is 18.8. The van der Waals surface area contributed by atoms with E-state index in [-0.39, 0.29) is 36.9 Å². The first-order chi connectivity index (χ1) is 14.9. The maximum Gasteiger partial charge on any atom is 0.334 e. The van der Waals surface area contributed by atoms with Crippen LogP contribution in [0.3, 0.4) is 0 Å². The predicted octanol–water partition coefficient (Wildman–Crippen LogP) is 1.12. The molecule has 1 aromatic carbocycles. The quantitative estimate of drug-likeness (QED) is 0.699. The van der Waals surface area contributed by atoms with Crippen LogP contribution < -0.4 is 5.32 Å². The van der Waals surface area contributed by atoms with Gasteiger partial charge in [0, 0.05) is 27.2 Å². The highest BCUT2D eigenvalue weighted by atomic mass is 16.5. The van der Waals surface area contributed by atoms with E-state index in [9.17, 15) is 14.4 Å². The van der Waals surface area contributed by atoms with Crippen LogP contribution in [0.5, 0.6) is 0 Å². The number of urea groups is 1. The van der Waals surface area contributed by atoms with E-state index in [0.29, 0.717) is 19.7 Å². The van der Waals surface area contributed by atoms with Gasteiger partial charge in [-0.2, -0.15) is 0 Å². The van der Waals surface area contributed by atoms with Crippen molar-refractivity contribution in [2.24, 2.45) is 5.92 Å². The molecular formula is C22H33N5O4. The van der Waals surface area contributed by atoms with E-state index in [1.54, 1.807) is 34.0 Å². The van der Waals surface area contributed by atoms with E-state index >= 15 is 0 Å². The molecule has 3 rings (SSSR count). The summed E-state index contributed by atoms with van der Waals surface area (Å²) in [5, 5.41) is 6.17. The molecule has 2 aliphatic heterocycles. The molecule has 0 spiro atoms. The van der Waals surface area contributed by atoms with Crippen molar-refractivity contribution < 1.29 is 19.1 Å². The summed E-state index contributed by atoms with van der Waals surface area (Å²) >= 11 is 0. The van der Waals surface area contributed by atoms with E-state index in [1.165, 1.54) is 0 Å². The van der Waals surface area contributed by atoms with Crippen LogP contribution >= 0.6 is 0 Å². The van der Waals surface area contributed by atoms with Crippen molar-refractivity contribution >= 4 is 17.8 Å². The molecule has 170 valence electrons. The molecule has 1 N–H and O–H groups in total. The number of piperazine rings is 1. The fraction of sp³-hybridized carbons (Fsp3) is 0.591. The van der Waals surface area contributed by atoms with Gasteiger partial charge in [0.05, 0.1) is 19.7 Å². The largest absolute Gasteiger partial charge is 0.383 e. The summed E-state index contributed by atoms with van der Waals surface area (Å²) < 4.78 is 5.18. The lowest BCUT2D eigenvalue weighted by Gasteiger charge is -2.55. The molecule has 2 heterocycles. The predicted molar refractivity (Wildman–Crippen MR) is 115 cm³/mol. The third-order valence-electron chi connectivity index (χ3n) is 6.11. The van der Waals surface area contributed by atoms with Gasteiger partial charge >= 0.3 is 6.03 Å². The summed E-state index contributed by atoms with van der Waals surface area (Å²) in [4.78, 5) is 42.8. The highest BCUT2D eigenvalue weighted by Gasteiger charge is 2.51. The van der Waals surface area contributed by atoms with Crippen LogP contribution in [-0.2, 0) is 20.9 Å². The minimum atomic E-state index is -0.591. The second kappa shape index (κ2) is 10.1. The second-order valence-electron chi connectivity index (χ2n) is 8.19. The third kappa shape index (κ3) is 4.83. The molecule has 31 heavy (non-hydrogen) atoms. The molecule has 9 heteroatoms. The first-order valence-electron chi connectivity index (χ1n) is 10.8. The molecule has 4 amide bonds. The van der Waals surface area contributed by atoms with Gasteiger partial charge in [-0.3, -0.25) is 9.59 Å². The fourth-order valence-electron chi connectivity index (χ4n) is 4.25. The minimum absolute atomic E-state index is 0.0260. The number of nitrogens with one attached hydrogen (secondary N) is 1. The monoisotopic (exact) mass is 431 g/mol. The molecule has 1 aromatic rings. The average Bonchev–Trinajstić information content (AvgIpc) is 2.76. The molecule has 0 saturated carbocycles. The molecule has 9 nitrogen and oxygen atoms in total. The van der Waals surface area contributed by atoms with Gasteiger partial charge < -0.3 is 19.9 Å². The molecule has 0 aromatic heterocycles. The van der Waals surface area contributed by atoms with Gasteiger partial charge in [-0.25, -0.2) is 14.8 Å². The fourth-order valence-corrected chi connectivity index (χ4v) is 4.25. The Kier molecular flexibility index (Phi) is 7.50. The number of hydrogen-bond acceptors (Lipinski definition) is 5. The van der Waals surface area contributed by atoms with Crippen LogP contribution in [0.15, 0.2) is 30.3 Å². The highest BCUT2D eigenvalue weighted by molar-refractivity contribution is 5.91. The Balaban J connectivity index is 1.86. The van der Waals surface area contributed by atoms with E-state index in [0.717, 1.165) is 12.0 Å². The Labute approximate surface area is 183 Å². The molecule has 3 atom stereocenters. The van der Waals surface area contributed by atoms with Crippen LogP contribution in [0.2, 0.25) is 0 Å². The Morgan fingerprint density at radius 1 is 1.26 bits per heavy atom. The van der Waals surface area contributed by atoms with Gasteiger partial charge in [0.15, 0.2) is 0 Å². The average molecular weight is 432 g/mol. The van der Waals surface area contributed by atoms with E-state index in [4.69, 9.17) is 4.74 Å². The number of carbonyl (C=O) groups is 3. The number of nitrogens with zero attached hydrogens (tertiary/aromatic N) is 4. The minimum Gasteiger partial charge on any atom is -0.383 e. The molecule has 2 fully saturated rings. The molecule has 1 unspecified atom stereocenters. The maximum absolute atomic E-state index is 13.2. The third-order valence-corrected chi connectivity index (χ3v) is 6.11. The molecule has 0 bridgehead atoms. The van der Waals surface area contributed by atoms with Crippen LogP contribution in [0.1, 0.15) is 25.8 Å².